The molecular weight excluding hydrogens is 352 g/mol. The fraction of sp³-hybridized carbons (Fsp3) is 0.579. The van der Waals surface area contributed by atoms with Gasteiger partial charge in [0.15, 0.2) is 0 Å². The molecule has 1 aliphatic heterocycles. The number of hydrogen-bond acceptors (Lipinski definition) is 5. The van der Waals surface area contributed by atoms with E-state index < -0.39 is 6.04 Å². The van der Waals surface area contributed by atoms with E-state index in [1.807, 2.05) is 20.8 Å². The Morgan fingerprint density at radius 1 is 1.27 bits per heavy atom. The van der Waals surface area contributed by atoms with Gasteiger partial charge < -0.3 is 19.7 Å². The SMILES string of the molecule is COc1cc(OC2CC2)ccc1C(=O)N1CSCC1C(=O)NC(C)(C)C. The first-order chi connectivity index (χ1) is 12.3. The first-order valence-corrected chi connectivity index (χ1v) is 9.99. The molecule has 2 aliphatic rings. The van der Waals surface area contributed by atoms with Crippen molar-refractivity contribution in [3.8, 4) is 11.5 Å². The summed E-state index contributed by atoms with van der Waals surface area (Å²) in [7, 11) is 1.54. The Balaban J connectivity index is 1.77. The Bertz CT molecular complexity index is 697. The number of nitrogens with zero attached hydrogens (tertiary/aromatic N) is 1. The molecule has 1 aliphatic carbocycles. The van der Waals surface area contributed by atoms with Gasteiger partial charge >= 0.3 is 0 Å². The lowest BCUT2D eigenvalue weighted by molar-refractivity contribution is -0.125. The van der Waals surface area contributed by atoms with Gasteiger partial charge in [-0.2, -0.15) is 0 Å². The average molecular weight is 378 g/mol. The molecule has 1 heterocycles. The number of carbonyl (C=O) groups is 2. The monoisotopic (exact) mass is 378 g/mol. The van der Waals surface area contributed by atoms with Crippen molar-refractivity contribution in [2.24, 2.45) is 0 Å². The van der Waals surface area contributed by atoms with Crippen molar-refractivity contribution in [3.63, 3.8) is 0 Å². The van der Waals surface area contributed by atoms with Crippen LogP contribution in [-0.4, -0.2) is 53.1 Å². The second kappa shape index (κ2) is 7.39. The molecule has 1 unspecified atom stereocenters. The molecule has 1 N–H and O–H groups in total. The van der Waals surface area contributed by atoms with E-state index in [9.17, 15) is 9.59 Å². The van der Waals surface area contributed by atoms with Gasteiger partial charge in [-0.15, -0.1) is 11.8 Å². The summed E-state index contributed by atoms with van der Waals surface area (Å²) in [5.74, 6) is 1.95. The van der Waals surface area contributed by atoms with Crippen LogP contribution in [0, 0.1) is 0 Å². The third-order valence-electron chi connectivity index (χ3n) is 4.17. The maximum absolute atomic E-state index is 13.1. The van der Waals surface area contributed by atoms with E-state index in [1.165, 1.54) is 7.11 Å². The van der Waals surface area contributed by atoms with E-state index in [0.717, 1.165) is 12.8 Å². The second-order valence-corrected chi connectivity index (χ2v) is 8.71. The zero-order valence-electron chi connectivity index (χ0n) is 15.7. The number of amides is 2. The Hall–Kier alpha value is -1.89. The van der Waals surface area contributed by atoms with Crippen molar-refractivity contribution < 1.29 is 19.1 Å². The third-order valence-corrected chi connectivity index (χ3v) is 5.19. The van der Waals surface area contributed by atoms with Crippen LogP contribution in [0.2, 0.25) is 0 Å². The fourth-order valence-corrected chi connectivity index (χ4v) is 3.92. The molecule has 0 aromatic heterocycles. The highest BCUT2D eigenvalue weighted by molar-refractivity contribution is 7.99. The highest BCUT2D eigenvalue weighted by Crippen LogP contribution is 2.33. The summed E-state index contributed by atoms with van der Waals surface area (Å²) in [6, 6.07) is 4.79. The minimum absolute atomic E-state index is 0.122. The molecule has 1 aromatic carbocycles. The van der Waals surface area contributed by atoms with Crippen LogP contribution >= 0.6 is 11.8 Å². The third kappa shape index (κ3) is 4.44. The summed E-state index contributed by atoms with van der Waals surface area (Å²) < 4.78 is 11.2. The Morgan fingerprint density at radius 3 is 2.62 bits per heavy atom. The van der Waals surface area contributed by atoms with Gasteiger partial charge in [-0.05, 0) is 45.7 Å². The van der Waals surface area contributed by atoms with Crippen LogP contribution in [0.1, 0.15) is 44.0 Å². The van der Waals surface area contributed by atoms with E-state index in [-0.39, 0.29) is 23.5 Å². The van der Waals surface area contributed by atoms with Crippen molar-refractivity contribution in [1.29, 1.82) is 0 Å². The van der Waals surface area contributed by atoms with E-state index >= 15 is 0 Å². The van der Waals surface area contributed by atoms with Crippen molar-refractivity contribution >= 4 is 23.6 Å². The van der Waals surface area contributed by atoms with E-state index in [0.29, 0.717) is 28.7 Å². The van der Waals surface area contributed by atoms with E-state index in [4.69, 9.17) is 9.47 Å². The molecule has 26 heavy (non-hydrogen) atoms. The number of carbonyl (C=O) groups excluding carboxylic acids is 2. The van der Waals surface area contributed by atoms with Gasteiger partial charge in [-0.3, -0.25) is 9.59 Å². The van der Waals surface area contributed by atoms with Crippen LogP contribution in [0.5, 0.6) is 11.5 Å². The predicted molar refractivity (Wildman–Crippen MR) is 102 cm³/mol. The number of methoxy groups -OCH3 is 1. The molecular formula is C19H26N2O4S. The smallest absolute Gasteiger partial charge is 0.259 e. The highest BCUT2D eigenvalue weighted by Gasteiger charge is 2.37. The molecule has 6 nitrogen and oxygen atoms in total. The largest absolute Gasteiger partial charge is 0.496 e. The van der Waals surface area contributed by atoms with E-state index in [2.05, 4.69) is 5.32 Å². The topological polar surface area (TPSA) is 67.9 Å². The molecule has 2 fully saturated rings. The Morgan fingerprint density at radius 2 is 2.00 bits per heavy atom. The molecule has 0 spiro atoms. The molecule has 2 amide bonds. The van der Waals surface area contributed by atoms with Gasteiger partial charge in [0.05, 0.1) is 24.7 Å². The van der Waals surface area contributed by atoms with Gasteiger partial charge in [0, 0.05) is 17.4 Å². The van der Waals surface area contributed by atoms with Crippen LogP contribution in [0.25, 0.3) is 0 Å². The van der Waals surface area contributed by atoms with Crippen LogP contribution in [0.4, 0.5) is 0 Å². The molecule has 7 heteroatoms. The number of ether oxygens (including phenoxy) is 2. The Kier molecular flexibility index (Phi) is 5.37. The first-order valence-electron chi connectivity index (χ1n) is 8.84. The Labute approximate surface area is 158 Å². The number of nitrogens with one attached hydrogen (secondary N) is 1. The molecule has 1 saturated carbocycles. The molecule has 0 radical (unpaired) electrons. The number of thioether (sulfide) groups is 1. The van der Waals surface area contributed by atoms with E-state index in [1.54, 1.807) is 34.9 Å². The summed E-state index contributed by atoms with van der Waals surface area (Å²) >= 11 is 1.58. The molecule has 0 bridgehead atoms. The summed E-state index contributed by atoms with van der Waals surface area (Å²) in [6.07, 6.45) is 2.42. The van der Waals surface area contributed by atoms with Gasteiger partial charge in [-0.25, -0.2) is 0 Å². The van der Waals surface area contributed by atoms with Crippen LogP contribution in [0.15, 0.2) is 18.2 Å². The quantitative estimate of drug-likeness (QED) is 0.853. The van der Waals surface area contributed by atoms with Crippen molar-refractivity contribution in [2.75, 3.05) is 18.7 Å². The summed E-state index contributed by atoms with van der Waals surface area (Å²) in [4.78, 5) is 27.3. The maximum Gasteiger partial charge on any atom is 0.259 e. The first kappa shape index (κ1) is 18.9. The summed E-state index contributed by atoms with van der Waals surface area (Å²) in [5.41, 5.74) is 0.116. The summed E-state index contributed by atoms with van der Waals surface area (Å²) in [6.45, 7) is 5.79. The molecule has 3 rings (SSSR count). The lowest BCUT2D eigenvalue weighted by atomic mass is 10.1. The fourth-order valence-electron chi connectivity index (χ4n) is 2.77. The number of hydrogen-bond donors (Lipinski definition) is 1. The predicted octanol–water partition coefficient (Wildman–Crippen LogP) is 2.67. The standard InChI is InChI=1S/C19H26N2O4S/c1-19(2,3)20-17(22)15-10-26-11-21(15)18(23)14-8-7-13(9-16(14)24-4)25-12-5-6-12/h7-9,12,15H,5-6,10-11H2,1-4H3,(H,20,22). The molecule has 142 valence electrons. The zero-order valence-corrected chi connectivity index (χ0v) is 16.5. The minimum Gasteiger partial charge on any atom is -0.496 e. The zero-order chi connectivity index (χ0) is 18.9. The lowest BCUT2D eigenvalue weighted by Crippen LogP contribution is -2.52. The number of benzene rings is 1. The second-order valence-electron chi connectivity index (χ2n) is 7.71. The highest BCUT2D eigenvalue weighted by atomic mass is 32.2. The normalized spacial score (nSPS) is 20.0. The average Bonchev–Trinajstić information content (AvgIpc) is 3.24. The van der Waals surface area contributed by atoms with Gasteiger partial charge in [0.1, 0.15) is 17.5 Å². The van der Waals surface area contributed by atoms with Gasteiger partial charge in [0.2, 0.25) is 5.91 Å². The van der Waals surface area contributed by atoms with Crippen molar-refractivity contribution in [3.05, 3.63) is 23.8 Å². The van der Waals surface area contributed by atoms with Gasteiger partial charge in [0.25, 0.3) is 5.91 Å². The maximum atomic E-state index is 13.1. The van der Waals surface area contributed by atoms with Crippen molar-refractivity contribution in [1.82, 2.24) is 10.2 Å². The van der Waals surface area contributed by atoms with Crippen molar-refractivity contribution in [2.45, 2.75) is 51.3 Å². The lowest BCUT2D eigenvalue weighted by Gasteiger charge is -2.28. The molecule has 1 atom stereocenters. The van der Waals surface area contributed by atoms with Gasteiger partial charge in [-0.1, -0.05) is 0 Å². The molecule has 1 aromatic rings. The van der Waals surface area contributed by atoms with Crippen LogP contribution < -0.4 is 14.8 Å². The van der Waals surface area contributed by atoms with Crippen LogP contribution in [-0.2, 0) is 4.79 Å². The molecule has 1 saturated heterocycles. The number of rotatable bonds is 5. The minimum atomic E-state index is -0.473. The summed E-state index contributed by atoms with van der Waals surface area (Å²) in [5, 5.41) is 2.97. The van der Waals surface area contributed by atoms with Crippen LogP contribution in [0.3, 0.4) is 0 Å².